The highest BCUT2D eigenvalue weighted by molar-refractivity contribution is 7.98. The maximum atomic E-state index is 9.67. The zero-order valence-electron chi connectivity index (χ0n) is 14.7. The summed E-state index contributed by atoms with van der Waals surface area (Å²) < 4.78 is 4.86. The van der Waals surface area contributed by atoms with Crippen molar-refractivity contribution >= 4 is 23.2 Å². The zero-order chi connectivity index (χ0) is 18.2. The van der Waals surface area contributed by atoms with Gasteiger partial charge in [0, 0.05) is 6.08 Å². The molecule has 26 heavy (non-hydrogen) atoms. The fourth-order valence-corrected chi connectivity index (χ4v) is 6.70. The number of benzene rings is 3. The van der Waals surface area contributed by atoms with Gasteiger partial charge in [-0.1, -0.05) is 54.6 Å². The number of hydrogen-bond donors (Lipinski definition) is 1. The largest absolute Gasteiger partial charge is 0.481 e. The van der Waals surface area contributed by atoms with E-state index >= 15 is 0 Å². The molecule has 3 aromatic rings. The Morgan fingerprint density at radius 2 is 1.12 bits per heavy atom. The molecule has 0 fully saturated rings. The van der Waals surface area contributed by atoms with Crippen molar-refractivity contribution in [3.63, 3.8) is 0 Å². The predicted octanol–water partition coefficient (Wildman–Crippen LogP) is 4.54. The van der Waals surface area contributed by atoms with E-state index in [1.54, 1.807) is 6.08 Å². The van der Waals surface area contributed by atoms with Gasteiger partial charge in [-0.15, -0.1) is 0 Å². The molecule has 0 aliphatic rings. The Labute approximate surface area is 155 Å². The van der Waals surface area contributed by atoms with E-state index in [2.05, 4.69) is 78.6 Å². The van der Waals surface area contributed by atoms with Crippen molar-refractivity contribution in [2.24, 2.45) is 0 Å². The molecule has 0 spiro atoms. The SMILES string of the molecule is CO/C(O)=C/C=C/[P+](c1ccccc1)(c1ccccc1)c1ccccc1. The molecule has 0 atom stereocenters. The van der Waals surface area contributed by atoms with E-state index in [0.717, 1.165) is 0 Å². The Kier molecular flexibility index (Phi) is 5.88. The topological polar surface area (TPSA) is 29.5 Å². The van der Waals surface area contributed by atoms with Crippen LogP contribution in [0.4, 0.5) is 0 Å². The highest BCUT2D eigenvalue weighted by Gasteiger charge is 2.42. The van der Waals surface area contributed by atoms with Gasteiger partial charge in [-0.05, 0) is 42.5 Å². The zero-order valence-corrected chi connectivity index (χ0v) is 15.6. The fourth-order valence-electron chi connectivity index (χ4n) is 3.02. The second kappa shape index (κ2) is 8.51. The summed E-state index contributed by atoms with van der Waals surface area (Å²) in [6.07, 6.45) is 3.48. The van der Waals surface area contributed by atoms with Gasteiger partial charge in [0.15, 0.2) is 0 Å². The average molecular weight is 361 g/mol. The lowest BCUT2D eigenvalue weighted by molar-refractivity contribution is 0.136. The van der Waals surface area contributed by atoms with Crippen molar-refractivity contribution in [1.29, 1.82) is 0 Å². The molecule has 0 heterocycles. The van der Waals surface area contributed by atoms with E-state index in [0.29, 0.717) is 0 Å². The molecular weight excluding hydrogens is 339 g/mol. The number of ether oxygens (including phenoxy) is 1. The van der Waals surface area contributed by atoms with E-state index in [-0.39, 0.29) is 5.95 Å². The van der Waals surface area contributed by atoms with Gasteiger partial charge in [-0.25, -0.2) is 0 Å². The molecule has 0 aliphatic carbocycles. The minimum atomic E-state index is -2.01. The highest BCUT2D eigenvalue weighted by Crippen LogP contribution is 2.56. The summed E-state index contributed by atoms with van der Waals surface area (Å²) in [6.45, 7) is 0. The Morgan fingerprint density at radius 1 is 0.731 bits per heavy atom. The molecule has 0 unspecified atom stereocenters. The lowest BCUT2D eigenvalue weighted by atomic mass is 10.4. The molecule has 0 bridgehead atoms. The lowest BCUT2D eigenvalue weighted by Crippen LogP contribution is -2.29. The van der Waals surface area contributed by atoms with Crippen molar-refractivity contribution in [3.8, 4) is 0 Å². The smallest absolute Gasteiger partial charge is 0.276 e. The summed E-state index contributed by atoms with van der Waals surface area (Å²) in [4.78, 5) is 0. The molecule has 0 amide bonds. The van der Waals surface area contributed by atoms with E-state index in [1.807, 2.05) is 24.3 Å². The van der Waals surface area contributed by atoms with Crippen molar-refractivity contribution in [2.45, 2.75) is 0 Å². The maximum Gasteiger partial charge on any atom is 0.276 e. The third kappa shape index (κ3) is 3.71. The van der Waals surface area contributed by atoms with Gasteiger partial charge in [0.1, 0.15) is 23.2 Å². The predicted molar refractivity (Wildman–Crippen MR) is 112 cm³/mol. The first kappa shape index (κ1) is 18.0. The second-order valence-corrected chi connectivity index (χ2v) is 9.07. The Hall–Kier alpha value is -2.83. The monoisotopic (exact) mass is 361 g/mol. The molecule has 130 valence electrons. The van der Waals surface area contributed by atoms with Crippen LogP contribution in [0.25, 0.3) is 0 Å². The molecule has 1 N–H and O–H groups in total. The molecule has 0 radical (unpaired) electrons. The van der Waals surface area contributed by atoms with Crippen molar-refractivity contribution < 1.29 is 9.84 Å². The van der Waals surface area contributed by atoms with Crippen LogP contribution in [0.5, 0.6) is 0 Å². The summed E-state index contributed by atoms with van der Waals surface area (Å²) >= 11 is 0. The second-order valence-electron chi connectivity index (χ2n) is 5.78. The Balaban J connectivity index is 2.28. The molecule has 0 saturated carbocycles. The number of methoxy groups -OCH3 is 1. The van der Waals surface area contributed by atoms with Crippen LogP contribution in [-0.2, 0) is 4.74 Å². The highest BCUT2D eigenvalue weighted by atomic mass is 31.2. The summed E-state index contributed by atoms with van der Waals surface area (Å²) in [5, 5.41) is 13.5. The van der Waals surface area contributed by atoms with Crippen LogP contribution in [0, 0.1) is 0 Å². The van der Waals surface area contributed by atoms with Crippen LogP contribution in [-0.4, -0.2) is 12.2 Å². The van der Waals surface area contributed by atoms with Crippen LogP contribution in [0.1, 0.15) is 0 Å². The standard InChI is InChI=1S/C23H21O2P/c1-25-23(24)18-11-19-26(20-12-5-2-6-13-20,21-14-7-3-8-15-21)22-16-9-4-10-17-22/h2-19H,1H3/p+1/b19-11+,23-18+. The maximum absolute atomic E-state index is 9.67. The Bertz CT molecular complexity index is 775. The van der Waals surface area contributed by atoms with Gasteiger partial charge in [-0.2, -0.15) is 0 Å². The summed E-state index contributed by atoms with van der Waals surface area (Å²) in [5.41, 5.74) is 0. The van der Waals surface area contributed by atoms with Gasteiger partial charge in [0.05, 0.1) is 12.9 Å². The van der Waals surface area contributed by atoms with E-state index in [9.17, 15) is 5.11 Å². The van der Waals surface area contributed by atoms with Crippen molar-refractivity contribution in [2.75, 3.05) is 7.11 Å². The van der Waals surface area contributed by atoms with E-state index in [4.69, 9.17) is 4.74 Å². The average Bonchev–Trinajstić information content (AvgIpc) is 2.73. The number of hydrogen-bond acceptors (Lipinski definition) is 2. The third-order valence-corrected chi connectivity index (χ3v) is 8.21. The number of allylic oxidation sites excluding steroid dienone is 2. The first-order chi connectivity index (χ1) is 12.8. The summed E-state index contributed by atoms with van der Waals surface area (Å²) in [5.74, 6) is 2.11. The number of aliphatic hydroxyl groups is 1. The van der Waals surface area contributed by atoms with Gasteiger partial charge in [0.2, 0.25) is 0 Å². The minimum absolute atomic E-state index is 0.103. The number of rotatable bonds is 6. The minimum Gasteiger partial charge on any atom is -0.481 e. The van der Waals surface area contributed by atoms with Crippen molar-refractivity contribution in [3.05, 3.63) is 115 Å². The molecule has 2 nitrogen and oxygen atoms in total. The van der Waals surface area contributed by atoms with Crippen molar-refractivity contribution in [1.82, 2.24) is 0 Å². The molecule has 0 aliphatic heterocycles. The molecule has 3 aromatic carbocycles. The summed E-state index contributed by atoms with van der Waals surface area (Å²) in [6, 6.07) is 31.6. The van der Waals surface area contributed by atoms with Crippen LogP contribution in [0.15, 0.2) is 115 Å². The normalized spacial score (nSPS) is 12.3. The first-order valence-electron chi connectivity index (χ1n) is 8.45. The van der Waals surface area contributed by atoms with Gasteiger partial charge < -0.3 is 9.84 Å². The van der Waals surface area contributed by atoms with E-state index < -0.39 is 7.26 Å². The summed E-state index contributed by atoms with van der Waals surface area (Å²) in [7, 11) is -0.560. The fraction of sp³-hybridized carbons (Fsp3) is 0.0435. The van der Waals surface area contributed by atoms with E-state index in [1.165, 1.54) is 23.0 Å². The molecule has 3 rings (SSSR count). The molecule has 3 heteroatoms. The van der Waals surface area contributed by atoms with Crippen LogP contribution < -0.4 is 15.9 Å². The van der Waals surface area contributed by atoms with Crippen LogP contribution in [0.2, 0.25) is 0 Å². The molecule has 0 aromatic heterocycles. The number of aliphatic hydroxyl groups excluding tert-OH is 1. The third-order valence-electron chi connectivity index (χ3n) is 4.25. The van der Waals surface area contributed by atoms with Gasteiger partial charge >= 0.3 is 0 Å². The lowest BCUT2D eigenvalue weighted by Gasteiger charge is -2.23. The quantitative estimate of drug-likeness (QED) is 0.397. The van der Waals surface area contributed by atoms with Gasteiger partial charge in [0.25, 0.3) is 5.95 Å². The first-order valence-corrected chi connectivity index (χ1v) is 10.3. The molecule has 0 saturated heterocycles. The molecular formula is C23H22O2P+. The van der Waals surface area contributed by atoms with Crippen LogP contribution in [0.3, 0.4) is 0 Å². The van der Waals surface area contributed by atoms with Crippen LogP contribution >= 0.6 is 7.26 Å². The van der Waals surface area contributed by atoms with Gasteiger partial charge in [-0.3, -0.25) is 0 Å². The Morgan fingerprint density at radius 3 is 1.46 bits per heavy atom.